The van der Waals surface area contributed by atoms with E-state index in [1.807, 2.05) is 0 Å². The van der Waals surface area contributed by atoms with E-state index in [4.69, 9.17) is 0 Å². The summed E-state index contributed by atoms with van der Waals surface area (Å²) in [7, 11) is 0. The van der Waals surface area contributed by atoms with E-state index in [0.29, 0.717) is 12.6 Å². The molecule has 124 valence electrons. The highest BCUT2D eigenvalue weighted by Crippen LogP contribution is 2.23. The minimum atomic E-state index is 0.194. The minimum absolute atomic E-state index is 0.194. The van der Waals surface area contributed by atoms with Crippen LogP contribution >= 0.6 is 0 Å². The molecule has 3 heteroatoms. The summed E-state index contributed by atoms with van der Waals surface area (Å²) in [5, 5.41) is 3.06. The number of nitrogens with one attached hydrogen (secondary N) is 1. The van der Waals surface area contributed by atoms with Crippen LogP contribution in [-0.2, 0) is 4.79 Å². The molecule has 1 heterocycles. The summed E-state index contributed by atoms with van der Waals surface area (Å²) in [6.07, 6.45) is 9.08. The van der Waals surface area contributed by atoms with Crippen LogP contribution in [0.5, 0.6) is 0 Å². The van der Waals surface area contributed by atoms with Crippen LogP contribution in [0.3, 0.4) is 0 Å². The molecule has 0 aromatic rings. The topological polar surface area (TPSA) is 32.3 Å². The van der Waals surface area contributed by atoms with Crippen LogP contribution in [0.4, 0.5) is 0 Å². The van der Waals surface area contributed by atoms with Gasteiger partial charge in [0, 0.05) is 6.04 Å². The Hall–Kier alpha value is -0.570. The normalized spacial score (nSPS) is 18.9. The largest absolute Gasteiger partial charge is 0.353 e. The fourth-order valence-corrected chi connectivity index (χ4v) is 3.04. The summed E-state index contributed by atoms with van der Waals surface area (Å²) in [5.74, 6) is 1.93. The Balaban J connectivity index is 2.10. The van der Waals surface area contributed by atoms with Gasteiger partial charge in [0.1, 0.15) is 0 Å². The van der Waals surface area contributed by atoms with Crippen molar-refractivity contribution >= 4 is 5.91 Å². The smallest absolute Gasteiger partial charge is 0.234 e. The van der Waals surface area contributed by atoms with Gasteiger partial charge in [0.15, 0.2) is 0 Å². The number of piperidine rings is 1. The van der Waals surface area contributed by atoms with Crippen LogP contribution in [0, 0.1) is 11.8 Å². The Morgan fingerprint density at radius 1 is 1.19 bits per heavy atom. The molecule has 0 aliphatic carbocycles. The number of amides is 1. The summed E-state index contributed by atoms with van der Waals surface area (Å²) in [6, 6.07) is 0.302. The molecule has 1 fully saturated rings. The first-order valence-electron chi connectivity index (χ1n) is 9.03. The molecule has 0 aromatic heterocycles. The summed E-state index contributed by atoms with van der Waals surface area (Å²) < 4.78 is 0. The predicted octanol–water partition coefficient (Wildman–Crippen LogP) is 3.83. The second kappa shape index (κ2) is 10.2. The van der Waals surface area contributed by atoms with Crippen LogP contribution in [0.15, 0.2) is 0 Å². The highest BCUT2D eigenvalue weighted by molar-refractivity contribution is 5.78. The van der Waals surface area contributed by atoms with E-state index in [2.05, 4.69) is 37.9 Å². The Kier molecular flexibility index (Phi) is 8.98. The molecule has 1 amide bonds. The lowest BCUT2D eigenvalue weighted by Gasteiger charge is -2.31. The molecule has 0 saturated carbocycles. The number of unbranched alkanes of at least 4 members (excludes halogenated alkanes) is 1. The van der Waals surface area contributed by atoms with Crippen LogP contribution in [-0.4, -0.2) is 36.5 Å². The average Bonchev–Trinajstić information content (AvgIpc) is 2.44. The lowest BCUT2D eigenvalue weighted by molar-refractivity contribution is -0.123. The van der Waals surface area contributed by atoms with Crippen molar-refractivity contribution < 1.29 is 4.79 Å². The zero-order chi connectivity index (χ0) is 15.7. The molecule has 1 atom stereocenters. The number of hydrogen-bond donors (Lipinski definition) is 1. The third-order valence-electron chi connectivity index (χ3n) is 4.74. The maximum Gasteiger partial charge on any atom is 0.234 e. The highest BCUT2D eigenvalue weighted by Gasteiger charge is 2.20. The van der Waals surface area contributed by atoms with Gasteiger partial charge in [0.05, 0.1) is 6.54 Å². The SMILES string of the molecule is CCC(C)NC(=O)CN1CCC(CCCCC(C)C)CC1. The fourth-order valence-electron chi connectivity index (χ4n) is 3.04. The van der Waals surface area contributed by atoms with E-state index < -0.39 is 0 Å². The zero-order valence-corrected chi connectivity index (χ0v) is 14.7. The second-order valence-electron chi connectivity index (χ2n) is 7.27. The first kappa shape index (κ1) is 18.5. The van der Waals surface area contributed by atoms with Crippen molar-refractivity contribution in [3.8, 4) is 0 Å². The first-order valence-corrected chi connectivity index (χ1v) is 9.03. The summed E-state index contributed by atoms with van der Waals surface area (Å²) in [6.45, 7) is 11.6. The number of carbonyl (C=O) groups excluding carboxylic acids is 1. The van der Waals surface area contributed by atoms with E-state index in [9.17, 15) is 4.79 Å². The predicted molar refractivity (Wildman–Crippen MR) is 90.4 cm³/mol. The van der Waals surface area contributed by atoms with Crippen molar-refractivity contribution in [1.82, 2.24) is 10.2 Å². The van der Waals surface area contributed by atoms with Gasteiger partial charge < -0.3 is 5.32 Å². The van der Waals surface area contributed by atoms with E-state index in [-0.39, 0.29) is 5.91 Å². The number of likely N-dealkylation sites (tertiary alicyclic amines) is 1. The molecule has 0 spiro atoms. The average molecular weight is 296 g/mol. The van der Waals surface area contributed by atoms with Crippen molar-refractivity contribution in [3.63, 3.8) is 0 Å². The number of carbonyl (C=O) groups is 1. The molecular formula is C18H36N2O. The van der Waals surface area contributed by atoms with Crippen LogP contribution in [0.2, 0.25) is 0 Å². The number of hydrogen-bond acceptors (Lipinski definition) is 2. The van der Waals surface area contributed by atoms with Gasteiger partial charge in [-0.1, -0.05) is 46.5 Å². The molecule has 0 radical (unpaired) electrons. The van der Waals surface area contributed by atoms with Crippen molar-refractivity contribution in [1.29, 1.82) is 0 Å². The lowest BCUT2D eigenvalue weighted by Crippen LogP contribution is -2.43. The molecule has 0 bridgehead atoms. The van der Waals surface area contributed by atoms with Gasteiger partial charge in [0.25, 0.3) is 0 Å². The van der Waals surface area contributed by atoms with Gasteiger partial charge in [0.2, 0.25) is 5.91 Å². The zero-order valence-electron chi connectivity index (χ0n) is 14.7. The minimum Gasteiger partial charge on any atom is -0.353 e. The van der Waals surface area contributed by atoms with Crippen LogP contribution in [0.1, 0.15) is 72.6 Å². The molecule has 1 aliphatic rings. The highest BCUT2D eigenvalue weighted by atomic mass is 16.2. The molecule has 1 N–H and O–H groups in total. The molecule has 1 unspecified atom stereocenters. The Morgan fingerprint density at radius 2 is 1.86 bits per heavy atom. The van der Waals surface area contributed by atoms with Crippen molar-refractivity contribution in [2.45, 2.75) is 78.7 Å². The molecule has 21 heavy (non-hydrogen) atoms. The fraction of sp³-hybridized carbons (Fsp3) is 0.944. The molecular weight excluding hydrogens is 260 g/mol. The second-order valence-corrected chi connectivity index (χ2v) is 7.27. The van der Waals surface area contributed by atoms with E-state index >= 15 is 0 Å². The Morgan fingerprint density at radius 3 is 2.43 bits per heavy atom. The molecule has 1 saturated heterocycles. The van der Waals surface area contributed by atoms with Gasteiger partial charge >= 0.3 is 0 Å². The van der Waals surface area contributed by atoms with E-state index in [0.717, 1.165) is 31.3 Å². The van der Waals surface area contributed by atoms with Crippen molar-refractivity contribution in [2.24, 2.45) is 11.8 Å². The quantitative estimate of drug-likeness (QED) is 0.656. The third-order valence-corrected chi connectivity index (χ3v) is 4.74. The maximum absolute atomic E-state index is 11.9. The van der Waals surface area contributed by atoms with Gasteiger partial charge in [-0.05, 0) is 51.1 Å². The lowest BCUT2D eigenvalue weighted by atomic mass is 9.90. The van der Waals surface area contributed by atoms with Crippen molar-refractivity contribution in [2.75, 3.05) is 19.6 Å². The summed E-state index contributed by atoms with van der Waals surface area (Å²) in [5.41, 5.74) is 0. The van der Waals surface area contributed by atoms with Crippen LogP contribution in [0.25, 0.3) is 0 Å². The first-order chi connectivity index (χ1) is 10.0. The Bertz CT molecular complexity index is 283. The molecule has 0 aromatic carbocycles. The molecule has 1 aliphatic heterocycles. The summed E-state index contributed by atoms with van der Waals surface area (Å²) >= 11 is 0. The monoisotopic (exact) mass is 296 g/mol. The molecule has 3 nitrogen and oxygen atoms in total. The number of rotatable bonds is 9. The third kappa shape index (κ3) is 8.45. The van der Waals surface area contributed by atoms with Crippen molar-refractivity contribution in [3.05, 3.63) is 0 Å². The Labute approximate surface area is 131 Å². The van der Waals surface area contributed by atoms with Gasteiger partial charge in [-0.2, -0.15) is 0 Å². The van der Waals surface area contributed by atoms with Gasteiger partial charge in [-0.3, -0.25) is 9.69 Å². The molecule has 1 rings (SSSR count). The standard InChI is InChI=1S/C18H36N2O/c1-5-16(4)19-18(21)14-20-12-10-17(11-13-20)9-7-6-8-15(2)3/h15-17H,5-14H2,1-4H3,(H,19,21). The van der Waals surface area contributed by atoms with Gasteiger partial charge in [-0.25, -0.2) is 0 Å². The van der Waals surface area contributed by atoms with E-state index in [1.165, 1.54) is 38.5 Å². The van der Waals surface area contributed by atoms with Crippen LogP contribution < -0.4 is 5.32 Å². The van der Waals surface area contributed by atoms with Gasteiger partial charge in [-0.15, -0.1) is 0 Å². The number of nitrogens with zero attached hydrogens (tertiary/aromatic N) is 1. The summed E-state index contributed by atoms with van der Waals surface area (Å²) in [4.78, 5) is 14.2. The van der Waals surface area contributed by atoms with E-state index in [1.54, 1.807) is 0 Å². The maximum atomic E-state index is 11.9.